The summed E-state index contributed by atoms with van der Waals surface area (Å²) < 4.78 is 2.95. The topological polar surface area (TPSA) is 71.8 Å². The van der Waals surface area contributed by atoms with Crippen molar-refractivity contribution < 1.29 is 4.79 Å². The Labute approximate surface area is 177 Å². The van der Waals surface area contributed by atoms with E-state index in [9.17, 15) is 4.79 Å². The highest BCUT2D eigenvalue weighted by molar-refractivity contribution is 9.10. The van der Waals surface area contributed by atoms with Crippen molar-refractivity contribution in [3.05, 3.63) is 88.8 Å². The molecule has 0 bridgehead atoms. The number of nitrogens with one attached hydrogen (secondary N) is 2. The summed E-state index contributed by atoms with van der Waals surface area (Å²) in [6.45, 7) is 1.15. The molecule has 2 amide bonds. The Hall–Kier alpha value is -3.19. The van der Waals surface area contributed by atoms with Crippen molar-refractivity contribution in [1.29, 1.82) is 0 Å². The van der Waals surface area contributed by atoms with Gasteiger partial charge in [-0.2, -0.15) is 0 Å². The highest BCUT2D eigenvalue weighted by Crippen LogP contribution is 2.21. The van der Waals surface area contributed by atoms with Gasteiger partial charge in [0.15, 0.2) is 5.65 Å². The maximum Gasteiger partial charge on any atom is 0.319 e. The predicted molar refractivity (Wildman–Crippen MR) is 118 cm³/mol. The van der Waals surface area contributed by atoms with Gasteiger partial charge >= 0.3 is 6.03 Å². The number of pyridine rings is 1. The monoisotopic (exact) mass is 449 g/mol. The van der Waals surface area contributed by atoms with Crippen LogP contribution in [0.1, 0.15) is 11.4 Å². The van der Waals surface area contributed by atoms with Gasteiger partial charge in [0.05, 0.1) is 12.2 Å². The van der Waals surface area contributed by atoms with Crippen molar-refractivity contribution >= 4 is 38.8 Å². The molecule has 2 N–H and O–H groups in total. The molecular formula is C22H20BrN5O. The fraction of sp³-hybridized carbons (Fsp3) is 0.136. The summed E-state index contributed by atoms with van der Waals surface area (Å²) in [6.07, 6.45) is 2.38. The molecule has 0 unspecified atom stereocenters. The lowest BCUT2D eigenvalue weighted by molar-refractivity contribution is 0.252. The minimum atomic E-state index is -0.249. The van der Waals surface area contributed by atoms with E-state index in [1.54, 1.807) is 6.20 Å². The van der Waals surface area contributed by atoms with Crippen molar-refractivity contribution in [3.63, 3.8) is 0 Å². The number of rotatable bonds is 6. The van der Waals surface area contributed by atoms with E-state index in [4.69, 9.17) is 4.98 Å². The molecule has 0 aliphatic heterocycles. The molecule has 0 atom stereocenters. The number of urea groups is 1. The highest BCUT2D eigenvalue weighted by Gasteiger charge is 2.12. The fourth-order valence-corrected chi connectivity index (χ4v) is 3.53. The van der Waals surface area contributed by atoms with Crippen LogP contribution < -0.4 is 10.6 Å². The number of hydrogen-bond donors (Lipinski definition) is 2. The van der Waals surface area contributed by atoms with Crippen LogP contribution in [-0.4, -0.2) is 27.1 Å². The number of nitrogens with zero attached hydrogens (tertiary/aromatic N) is 3. The van der Waals surface area contributed by atoms with Gasteiger partial charge in [-0.15, -0.1) is 0 Å². The van der Waals surface area contributed by atoms with Crippen LogP contribution in [0.25, 0.3) is 11.2 Å². The summed E-state index contributed by atoms with van der Waals surface area (Å²) in [5, 5.41) is 5.74. The standard InChI is InChI=1S/C22H20BrN5O/c23-17-9-4-5-10-18(17)27-22(29)25-14-12-20-26-19-11-6-13-24-21(19)28(20)15-16-7-2-1-3-8-16/h1-11,13H,12,14-15H2,(H2,25,27,29). The molecule has 7 heteroatoms. The van der Waals surface area contributed by atoms with E-state index >= 15 is 0 Å². The molecule has 0 radical (unpaired) electrons. The second-order valence-corrected chi connectivity index (χ2v) is 7.41. The smallest absolute Gasteiger partial charge is 0.319 e. The molecule has 4 aromatic rings. The molecule has 2 aromatic carbocycles. The van der Waals surface area contributed by atoms with Gasteiger partial charge in [0.1, 0.15) is 11.3 Å². The van der Waals surface area contributed by atoms with Crippen molar-refractivity contribution in [1.82, 2.24) is 19.9 Å². The molecule has 2 heterocycles. The molecule has 0 aliphatic carbocycles. The zero-order valence-corrected chi connectivity index (χ0v) is 17.3. The van der Waals surface area contributed by atoms with E-state index in [0.717, 1.165) is 27.1 Å². The lowest BCUT2D eigenvalue weighted by atomic mass is 10.2. The first-order valence-corrected chi connectivity index (χ1v) is 10.1. The maximum absolute atomic E-state index is 12.2. The Morgan fingerprint density at radius 3 is 2.62 bits per heavy atom. The third-order valence-electron chi connectivity index (χ3n) is 4.52. The molecule has 6 nitrogen and oxygen atoms in total. The molecular weight excluding hydrogens is 430 g/mol. The number of aromatic nitrogens is 3. The Bertz CT molecular complexity index is 1130. The number of imidazole rings is 1. The second-order valence-electron chi connectivity index (χ2n) is 6.56. The van der Waals surface area contributed by atoms with E-state index in [1.807, 2.05) is 54.6 Å². The molecule has 0 fully saturated rings. The minimum Gasteiger partial charge on any atom is -0.337 e. The fourth-order valence-electron chi connectivity index (χ4n) is 3.15. The molecule has 29 heavy (non-hydrogen) atoms. The van der Waals surface area contributed by atoms with Gasteiger partial charge in [0.2, 0.25) is 0 Å². The molecule has 0 aliphatic rings. The van der Waals surface area contributed by atoms with E-state index in [0.29, 0.717) is 19.5 Å². The number of hydrogen-bond acceptors (Lipinski definition) is 3. The maximum atomic E-state index is 12.2. The first kappa shape index (κ1) is 19.1. The van der Waals surface area contributed by atoms with Crippen LogP contribution in [0.5, 0.6) is 0 Å². The third-order valence-corrected chi connectivity index (χ3v) is 5.21. The van der Waals surface area contributed by atoms with E-state index < -0.39 is 0 Å². The lowest BCUT2D eigenvalue weighted by Gasteiger charge is -2.11. The van der Waals surface area contributed by atoms with Gasteiger partial charge in [-0.1, -0.05) is 42.5 Å². The van der Waals surface area contributed by atoms with Crippen LogP contribution in [0.3, 0.4) is 0 Å². The Kier molecular flexibility index (Phi) is 5.86. The van der Waals surface area contributed by atoms with Crippen molar-refractivity contribution in [2.75, 3.05) is 11.9 Å². The average molecular weight is 450 g/mol. The summed E-state index contributed by atoms with van der Waals surface area (Å²) in [5.74, 6) is 0.892. The predicted octanol–water partition coefficient (Wildman–Crippen LogP) is 4.61. The molecule has 4 rings (SSSR count). The first-order chi connectivity index (χ1) is 14.2. The number of fused-ring (bicyclic) bond motifs is 1. The van der Waals surface area contributed by atoms with E-state index in [-0.39, 0.29) is 6.03 Å². The molecule has 0 saturated carbocycles. The van der Waals surface area contributed by atoms with Gasteiger partial charge in [0.25, 0.3) is 0 Å². The van der Waals surface area contributed by atoms with Gasteiger partial charge in [-0.25, -0.2) is 14.8 Å². The first-order valence-electron chi connectivity index (χ1n) is 9.34. The SMILES string of the molecule is O=C(NCCc1nc2cccnc2n1Cc1ccccc1)Nc1ccccc1Br. The highest BCUT2D eigenvalue weighted by atomic mass is 79.9. The Morgan fingerprint density at radius 1 is 1.00 bits per heavy atom. The number of amides is 2. The largest absolute Gasteiger partial charge is 0.337 e. The molecule has 146 valence electrons. The minimum absolute atomic E-state index is 0.249. The lowest BCUT2D eigenvalue weighted by Crippen LogP contribution is -2.31. The quantitative estimate of drug-likeness (QED) is 0.451. The van der Waals surface area contributed by atoms with Crippen LogP contribution in [0.2, 0.25) is 0 Å². The van der Waals surface area contributed by atoms with Crippen LogP contribution in [0, 0.1) is 0 Å². The number of anilines is 1. The zero-order chi connectivity index (χ0) is 20.1. The number of halogens is 1. The van der Waals surface area contributed by atoms with Gasteiger partial charge in [0, 0.05) is 23.6 Å². The molecule has 0 spiro atoms. The number of benzene rings is 2. The van der Waals surface area contributed by atoms with Crippen LogP contribution in [0.4, 0.5) is 10.5 Å². The summed E-state index contributed by atoms with van der Waals surface area (Å²) >= 11 is 3.43. The van der Waals surface area contributed by atoms with Crippen molar-refractivity contribution in [2.24, 2.45) is 0 Å². The average Bonchev–Trinajstić information content (AvgIpc) is 3.08. The molecule has 0 saturated heterocycles. The van der Waals surface area contributed by atoms with Gasteiger partial charge in [-0.3, -0.25) is 0 Å². The summed E-state index contributed by atoms with van der Waals surface area (Å²) in [4.78, 5) is 21.4. The Balaban J connectivity index is 1.45. The van der Waals surface area contributed by atoms with Crippen LogP contribution >= 0.6 is 15.9 Å². The summed E-state index contributed by atoms with van der Waals surface area (Å²) in [7, 11) is 0. The normalized spacial score (nSPS) is 10.8. The van der Waals surface area contributed by atoms with Gasteiger partial charge in [-0.05, 0) is 45.8 Å². The third kappa shape index (κ3) is 4.63. The van der Waals surface area contributed by atoms with Crippen molar-refractivity contribution in [3.8, 4) is 0 Å². The number of carbonyl (C=O) groups excluding carboxylic acids is 1. The van der Waals surface area contributed by atoms with Crippen LogP contribution in [0.15, 0.2) is 77.4 Å². The number of para-hydroxylation sites is 1. The number of carbonyl (C=O) groups is 1. The molecule has 2 aromatic heterocycles. The second kappa shape index (κ2) is 8.87. The summed E-state index contributed by atoms with van der Waals surface area (Å²) in [5.41, 5.74) is 3.61. The van der Waals surface area contributed by atoms with Crippen molar-refractivity contribution in [2.45, 2.75) is 13.0 Å². The zero-order valence-electron chi connectivity index (χ0n) is 15.7. The Morgan fingerprint density at radius 2 is 1.79 bits per heavy atom. The summed E-state index contributed by atoms with van der Waals surface area (Å²) in [6, 6.07) is 21.3. The van der Waals surface area contributed by atoms with Crippen LogP contribution in [-0.2, 0) is 13.0 Å². The van der Waals surface area contributed by atoms with E-state index in [2.05, 4.69) is 48.2 Å². The van der Waals surface area contributed by atoms with E-state index in [1.165, 1.54) is 5.56 Å². The van der Waals surface area contributed by atoms with Gasteiger partial charge < -0.3 is 15.2 Å².